The Hall–Kier alpha value is -2.27. The average Bonchev–Trinajstić information content (AvgIpc) is 2.53. The minimum Gasteiger partial charge on any atom is -0.426 e. The Balaban J connectivity index is 1.82. The predicted octanol–water partition coefficient (Wildman–Crippen LogP) is -1.15. The number of halogens is 1. The smallest absolute Gasteiger partial charge is 0.426 e. The van der Waals surface area contributed by atoms with Crippen LogP contribution in [0.5, 0.6) is 0 Å². The van der Waals surface area contributed by atoms with E-state index in [2.05, 4.69) is 20.6 Å². The van der Waals surface area contributed by atoms with Gasteiger partial charge in [-0.25, -0.2) is 14.4 Å². The van der Waals surface area contributed by atoms with Gasteiger partial charge in [0.25, 0.3) is 0 Å². The Morgan fingerprint density at radius 3 is 2.54 bits per heavy atom. The molecule has 1 aromatic rings. The number of nitrogens with one attached hydrogen (secondary N) is 2. The predicted molar refractivity (Wildman–Crippen MR) is 92.3 cm³/mol. The van der Waals surface area contributed by atoms with Crippen LogP contribution >= 0.6 is 0 Å². The van der Waals surface area contributed by atoms with Gasteiger partial charge in [-0.15, -0.1) is 0 Å². The van der Waals surface area contributed by atoms with Crippen LogP contribution in [-0.4, -0.2) is 64.0 Å². The van der Waals surface area contributed by atoms with Crippen molar-refractivity contribution in [2.75, 3.05) is 18.0 Å². The molecule has 142 valence electrons. The summed E-state index contributed by atoms with van der Waals surface area (Å²) < 4.78 is 12.9. The van der Waals surface area contributed by atoms with Crippen molar-refractivity contribution in [3.05, 3.63) is 18.2 Å². The molecule has 9 nitrogen and oxygen atoms in total. The van der Waals surface area contributed by atoms with Crippen LogP contribution in [0.25, 0.3) is 0 Å². The molecule has 2 atom stereocenters. The summed E-state index contributed by atoms with van der Waals surface area (Å²) in [7, 11) is -1.67. The minimum atomic E-state index is -1.67. The van der Waals surface area contributed by atoms with E-state index in [1.807, 2.05) is 13.8 Å². The number of carbonyl (C=O) groups excluding carboxylic acids is 2. The molecule has 4 N–H and O–H groups in total. The highest BCUT2D eigenvalue weighted by Gasteiger charge is 2.36. The minimum absolute atomic E-state index is 0.163. The lowest BCUT2D eigenvalue weighted by Gasteiger charge is -2.39. The lowest BCUT2D eigenvalue weighted by Crippen LogP contribution is -2.58. The van der Waals surface area contributed by atoms with E-state index < -0.39 is 30.8 Å². The van der Waals surface area contributed by atoms with Crippen molar-refractivity contribution in [3.8, 4) is 0 Å². The van der Waals surface area contributed by atoms with Crippen LogP contribution in [0.4, 0.5) is 10.3 Å². The van der Waals surface area contributed by atoms with E-state index in [0.717, 1.165) is 12.4 Å². The Kier molecular flexibility index (Phi) is 6.87. The summed E-state index contributed by atoms with van der Waals surface area (Å²) in [5, 5.41) is 23.6. The Morgan fingerprint density at radius 1 is 1.38 bits per heavy atom. The summed E-state index contributed by atoms with van der Waals surface area (Å²) in [6.45, 7) is 4.07. The van der Waals surface area contributed by atoms with Crippen LogP contribution in [0.2, 0.25) is 0 Å². The summed E-state index contributed by atoms with van der Waals surface area (Å²) >= 11 is 0. The highest BCUT2D eigenvalue weighted by Crippen LogP contribution is 2.22. The first-order valence-corrected chi connectivity index (χ1v) is 8.45. The molecule has 0 spiro atoms. The maximum Gasteiger partial charge on any atom is 0.475 e. The van der Waals surface area contributed by atoms with E-state index in [1.165, 1.54) is 0 Å². The molecule has 26 heavy (non-hydrogen) atoms. The highest BCUT2D eigenvalue weighted by molar-refractivity contribution is 6.43. The quantitative estimate of drug-likeness (QED) is 0.428. The Labute approximate surface area is 151 Å². The van der Waals surface area contributed by atoms with Crippen molar-refractivity contribution in [1.82, 2.24) is 20.6 Å². The van der Waals surface area contributed by atoms with Crippen molar-refractivity contribution < 1.29 is 24.0 Å². The van der Waals surface area contributed by atoms with Gasteiger partial charge in [0.05, 0.1) is 24.9 Å². The van der Waals surface area contributed by atoms with Crippen LogP contribution in [0.15, 0.2) is 12.4 Å². The molecule has 2 rings (SSSR count). The molecule has 0 saturated carbocycles. The monoisotopic (exact) mass is 367 g/mol. The molecule has 1 fully saturated rings. The number of hydrogen-bond donors (Lipinski definition) is 4. The first kappa shape index (κ1) is 20.1. The van der Waals surface area contributed by atoms with Gasteiger partial charge in [0.1, 0.15) is 6.04 Å². The zero-order valence-corrected chi connectivity index (χ0v) is 14.7. The van der Waals surface area contributed by atoms with Crippen molar-refractivity contribution in [2.24, 2.45) is 5.92 Å². The molecule has 0 radical (unpaired) electrons. The standard InChI is InChI=1S/C15H23BFN5O4/c1-9(2)5-12(16(25)26)21-13(23)8-18-14(24)11-3-4-22(11)15-19-6-10(17)7-20-15/h6-7,9,11-12,25-26H,3-5,8H2,1-2H3,(H,18,24)(H,21,23)/t11-,12+/m0/s1. The zero-order chi connectivity index (χ0) is 19.3. The number of hydrogen-bond acceptors (Lipinski definition) is 7. The summed E-state index contributed by atoms with van der Waals surface area (Å²) in [6.07, 6.45) is 3.02. The number of rotatable bonds is 8. The van der Waals surface area contributed by atoms with Crippen molar-refractivity contribution in [3.63, 3.8) is 0 Å². The fourth-order valence-corrected chi connectivity index (χ4v) is 2.66. The maximum atomic E-state index is 12.9. The molecular formula is C15H23BFN5O4. The number of aromatic nitrogens is 2. The molecule has 2 heterocycles. The first-order valence-electron chi connectivity index (χ1n) is 8.45. The average molecular weight is 367 g/mol. The summed E-state index contributed by atoms with van der Waals surface area (Å²) in [5.41, 5.74) is 0. The number of carbonyl (C=O) groups is 2. The number of amides is 2. The van der Waals surface area contributed by atoms with Gasteiger partial charge >= 0.3 is 7.12 Å². The van der Waals surface area contributed by atoms with Crippen LogP contribution in [-0.2, 0) is 9.59 Å². The molecule has 2 amide bonds. The third kappa shape index (κ3) is 5.36. The topological polar surface area (TPSA) is 128 Å². The summed E-state index contributed by atoms with van der Waals surface area (Å²) in [4.78, 5) is 33.4. The second-order valence-corrected chi connectivity index (χ2v) is 6.63. The molecule has 11 heteroatoms. The third-order valence-electron chi connectivity index (χ3n) is 4.04. The molecule has 0 unspecified atom stereocenters. The molecule has 0 aliphatic carbocycles. The molecule has 1 aliphatic rings. The van der Waals surface area contributed by atoms with Gasteiger partial charge in [-0.05, 0) is 18.8 Å². The van der Waals surface area contributed by atoms with Gasteiger partial charge in [-0.2, -0.15) is 0 Å². The fraction of sp³-hybridized carbons (Fsp3) is 0.600. The fourth-order valence-electron chi connectivity index (χ4n) is 2.66. The normalized spacial score (nSPS) is 17.5. The van der Waals surface area contributed by atoms with Crippen LogP contribution in [0, 0.1) is 11.7 Å². The van der Waals surface area contributed by atoms with Crippen molar-refractivity contribution in [2.45, 2.75) is 38.7 Å². The molecular weight excluding hydrogens is 344 g/mol. The second-order valence-electron chi connectivity index (χ2n) is 6.63. The summed E-state index contributed by atoms with van der Waals surface area (Å²) in [6, 6.07) is -0.525. The van der Waals surface area contributed by atoms with Gasteiger partial charge in [-0.1, -0.05) is 13.8 Å². The van der Waals surface area contributed by atoms with E-state index in [4.69, 9.17) is 0 Å². The molecule has 0 bridgehead atoms. The van der Waals surface area contributed by atoms with Crippen molar-refractivity contribution >= 4 is 24.9 Å². The van der Waals surface area contributed by atoms with E-state index in [-0.39, 0.29) is 24.3 Å². The van der Waals surface area contributed by atoms with E-state index in [9.17, 15) is 24.0 Å². The van der Waals surface area contributed by atoms with Gasteiger partial charge in [0, 0.05) is 6.54 Å². The second kappa shape index (κ2) is 8.90. The van der Waals surface area contributed by atoms with Crippen LogP contribution in [0.1, 0.15) is 26.7 Å². The Bertz CT molecular complexity index is 631. The summed E-state index contributed by atoms with van der Waals surface area (Å²) in [5.74, 6) is -1.83. The van der Waals surface area contributed by atoms with Crippen molar-refractivity contribution in [1.29, 1.82) is 0 Å². The van der Waals surface area contributed by atoms with Crippen LogP contribution < -0.4 is 15.5 Å². The number of nitrogens with zero attached hydrogens (tertiary/aromatic N) is 3. The van der Waals surface area contributed by atoms with Gasteiger partial charge < -0.3 is 25.6 Å². The third-order valence-corrected chi connectivity index (χ3v) is 4.04. The lowest BCUT2D eigenvalue weighted by molar-refractivity contribution is -0.127. The molecule has 0 aromatic carbocycles. The zero-order valence-electron chi connectivity index (χ0n) is 14.7. The van der Waals surface area contributed by atoms with E-state index in [0.29, 0.717) is 19.4 Å². The lowest BCUT2D eigenvalue weighted by atomic mass is 9.75. The molecule has 1 aliphatic heterocycles. The first-order chi connectivity index (χ1) is 12.3. The van der Waals surface area contributed by atoms with Gasteiger partial charge in [-0.3, -0.25) is 9.59 Å². The molecule has 1 saturated heterocycles. The Morgan fingerprint density at radius 2 is 2.04 bits per heavy atom. The largest absolute Gasteiger partial charge is 0.475 e. The maximum absolute atomic E-state index is 12.9. The van der Waals surface area contributed by atoms with E-state index in [1.54, 1.807) is 4.90 Å². The molecule has 1 aromatic heterocycles. The highest BCUT2D eigenvalue weighted by atomic mass is 19.1. The van der Waals surface area contributed by atoms with E-state index >= 15 is 0 Å². The van der Waals surface area contributed by atoms with Gasteiger partial charge in [0.15, 0.2) is 5.82 Å². The van der Waals surface area contributed by atoms with Gasteiger partial charge in [0.2, 0.25) is 17.8 Å². The number of anilines is 1. The SMILES string of the molecule is CC(C)C[C@@H](NC(=O)CNC(=O)[C@@H]1CCN1c1ncc(F)cn1)B(O)O. The van der Waals surface area contributed by atoms with Crippen LogP contribution in [0.3, 0.4) is 0 Å².